The highest BCUT2D eigenvalue weighted by atomic mass is 19.1. The van der Waals surface area contributed by atoms with Crippen molar-refractivity contribution in [3.8, 4) is 22.6 Å². The summed E-state index contributed by atoms with van der Waals surface area (Å²) in [6.07, 6.45) is 4.12. The zero-order chi connectivity index (χ0) is 29.8. The molecule has 1 saturated heterocycles. The zero-order valence-corrected chi connectivity index (χ0v) is 23.7. The number of hydrogen-bond acceptors (Lipinski definition) is 8. The van der Waals surface area contributed by atoms with E-state index in [0.717, 1.165) is 30.4 Å². The average molecular weight is 588 g/mol. The fraction of sp³-hybridized carbons (Fsp3) is 0.281. The highest BCUT2D eigenvalue weighted by molar-refractivity contribution is 5.82. The molecule has 2 aromatic heterocycles. The Balaban J connectivity index is 0.971. The fourth-order valence-corrected chi connectivity index (χ4v) is 5.22. The number of hydrogen-bond donors (Lipinski definition) is 0. The number of methoxy groups -OCH3 is 1. The van der Waals surface area contributed by atoms with Crippen LogP contribution in [0.15, 0.2) is 82.3 Å². The van der Waals surface area contributed by atoms with Gasteiger partial charge in [0, 0.05) is 64.0 Å². The Kier molecular flexibility index (Phi) is 8.32. The quantitative estimate of drug-likeness (QED) is 0.208. The first-order valence-electron chi connectivity index (χ1n) is 14.1. The molecule has 1 aliphatic heterocycles. The van der Waals surface area contributed by atoms with E-state index in [0.29, 0.717) is 72.9 Å². The lowest BCUT2D eigenvalue weighted by Gasteiger charge is -2.35. The van der Waals surface area contributed by atoms with E-state index < -0.39 is 11.6 Å². The van der Waals surface area contributed by atoms with Gasteiger partial charge in [0.2, 0.25) is 0 Å². The second-order valence-corrected chi connectivity index (χ2v) is 10.4. The van der Waals surface area contributed by atoms with Crippen LogP contribution in [0, 0.1) is 11.6 Å². The third-order valence-electron chi connectivity index (χ3n) is 7.54. The summed E-state index contributed by atoms with van der Waals surface area (Å²) in [5.74, 6) is 0.228. The summed E-state index contributed by atoms with van der Waals surface area (Å²) in [5.41, 5.74) is 2.89. The first-order valence-corrected chi connectivity index (χ1v) is 14.1. The monoisotopic (exact) mass is 587 g/mol. The topological polar surface area (TPSA) is 85.9 Å². The molecule has 222 valence electrons. The maximum absolute atomic E-state index is 14.1. The molecule has 0 aliphatic carbocycles. The average Bonchev–Trinajstić information content (AvgIpc) is 3.47. The first-order chi connectivity index (χ1) is 21.0. The summed E-state index contributed by atoms with van der Waals surface area (Å²) in [7, 11) is 1.60. The lowest BCUT2D eigenvalue weighted by molar-refractivity contribution is 0.246. The van der Waals surface area contributed by atoms with Crippen molar-refractivity contribution in [3.63, 3.8) is 0 Å². The van der Waals surface area contributed by atoms with Crippen molar-refractivity contribution in [2.24, 2.45) is 0 Å². The Labute approximate surface area is 246 Å². The predicted octanol–water partition coefficient (Wildman–Crippen LogP) is 5.13. The second kappa shape index (κ2) is 12.6. The van der Waals surface area contributed by atoms with Crippen LogP contribution in [-0.2, 0) is 13.1 Å². The molecular weight excluding hydrogens is 556 g/mol. The van der Waals surface area contributed by atoms with Crippen LogP contribution in [-0.4, -0.2) is 59.8 Å². The third-order valence-corrected chi connectivity index (χ3v) is 7.54. The number of anilines is 1. The smallest absolute Gasteiger partial charge is 0.200 e. The zero-order valence-electron chi connectivity index (χ0n) is 23.7. The van der Waals surface area contributed by atoms with Gasteiger partial charge in [0.15, 0.2) is 5.43 Å². The summed E-state index contributed by atoms with van der Waals surface area (Å²) in [6.45, 7) is 4.53. The molecule has 5 aromatic rings. The van der Waals surface area contributed by atoms with E-state index in [-0.39, 0.29) is 5.43 Å². The minimum absolute atomic E-state index is 0.108. The number of aryl methyl sites for hydroxylation is 1. The van der Waals surface area contributed by atoms with E-state index in [1.54, 1.807) is 42.1 Å². The number of benzene rings is 3. The van der Waals surface area contributed by atoms with Crippen molar-refractivity contribution in [3.05, 3.63) is 101 Å². The molecule has 1 fully saturated rings. The Morgan fingerprint density at radius 1 is 0.953 bits per heavy atom. The normalized spacial score (nSPS) is 13.9. The van der Waals surface area contributed by atoms with Crippen molar-refractivity contribution < 1.29 is 22.7 Å². The van der Waals surface area contributed by atoms with Crippen molar-refractivity contribution in [2.45, 2.75) is 19.5 Å². The van der Waals surface area contributed by atoms with E-state index in [9.17, 15) is 13.6 Å². The van der Waals surface area contributed by atoms with Crippen LogP contribution < -0.4 is 19.8 Å². The number of fused-ring (bicyclic) bond motifs is 1. The van der Waals surface area contributed by atoms with Crippen LogP contribution in [0.4, 0.5) is 14.5 Å². The largest absolute Gasteiger partial charge is 0.497 e. The van der Waals surface area contributed by atoms with Gasteiger partial charge in [0.05, 0.1) is 36.0 Å². The molecule has 1 aliphatic rings. The number of ether oxygens (including phenoxy) is 2. The van der Waals surface area contributed by atoms with Gasteiger partial charge in [0.25, 0.3) is 0 Å². The van der Waals surface area contributed by atoms with E-state index in [1.807, 2.05) is 23.2 Å². The number of piperazine rings is 1. The van der Waals surface area contributed by atoms with Crippen molar-refractivity contribution in [2.75, 3.05) is 44.8 Å². The molecule has 0 spiro atoms. The number of halogens is 2. The van der Waals surface area contributed by atoms with Gasteiger partial charge in [0.1, 0.15) is 35.0 Å². The van der Waals surface area contributed by atoms with Gasteiger partial charge in [-0.1, -0.05) is 17.3 Å². The van der Waals surface area contributed by atoms with Crippen LogP contribution in [0.3, 0.4) is 0 Å². The molecule has 43 heavy (non-hydrogen) atoms. The molecule has 6 rings (SSSR count). The van der Waals surface area contributed by atoms with Gasteiger partial charge in [-0.05, 0) is 42.0 Å². The number of rotatable bonds is 10. The molecule has 0 N–H and O–H groups in total. The summed E-state index contributed by atoms with van der Waals surface area (Å²) >= 11 is 0. The van der Waals surface area contributed by atoms with E-state index in [4.69, 9.17) is 13.9 Å². The summed E-state index contributed by atoms with van der Waals surface area (Å²) < 4.78 is 46.0. The van der Waals surface area contributed by atoms with Crippen LogP contribution in [0.2, 0.25) is 0 Å². The Morgan fingerprint density at radius 3 is 2.51 bits per heavy atom. The highest BCUT2D eigenvalue weighted by Gasteiger charge is 2.20. The third kappa shape index (κ3) is 6.51. The molecule has 0 unspecified atom stereocenters. The molecule has 0 radical (unpaired) electrons. The molecule has 3 aromatic carbocycles. The first kappa shape index (κ1) is 28.4. The lowest BCUT2D eigenvalue weighted by atomic mass is 10.1. The van der Waals surface area contributed by atoms with Gasteiger partial charge >= 0.3 is 0 Å². The molecule has 9 nitrogen and oxygen atoms in total. The van der Waals surface area contributed by atoms with Crippen LogP contribution in [0.1, 0.15) is 12.1 Å². The molecule has 11 heteroatoms. The maximum atomic E-state index is 14.1. The Hall–Kier alpha value is -4.77. The second-order valence-electron chi connectivity index (χ2n) is 10.4. The Bertz CT molecular complexity index is 1760. The predicted molar refractivity (Wildman–Crippen MR) is 158 cm³/mol. The van der Waals surface area contributed by atoms with Crippen LogP contribution >= 0.6 is 0 Å². The molecule has 3 heterocycles. The Morgan fingerprint density at radius 2 is 1.74 bits per heavy atom. The van der Waals surface area contributed by atoms with Crippen molar-refractivity contribution in [1.82, 2.24) is 19.9 Å². The van der Waals surface area contributed by atoms with Gasteiger partial charge < -0.3 is 18.8 Å². The van der Waals surface area contributed by atoms with Gasteiger partial charge in [-0.15, -0.1) is 5.10 Å². The number of aromatic nitrogens is 3. The van der Waals surface area contributed by atoms with E-state index in [1.165, 1.54) is 18.4 Å². The molecular formula is C32H31F2N5O4. The maximum Gasteiger partial charge on any atom is 0.200 e. The summed E-state index contributed by atoms with van der Waals surface area (Å²) in [6, 6.07) is 16.2. The standard InChI is InChI=1S/C32H31F2N5O4/c1-41-25-6-3-22(4-7-25)28-21-43-31-18-26(8-9-27(31)32(28)40)42-16-2-11-39-20-24(35-36-39)19-37-12-14-38(15-13-37)30-10-5-23(33)17-29(30)34/h3-10,17-18,20-21H,2,11-16,19H2,1H3. The lowest BCUT2D eigenvalue weighted by Crippen LogP contribution is -2.46. The summed E-state index contributed by atoms with van der Waals surface area (Å²) in [4.78, 5) is 17.2. The minimum atomic E-state index is -0.571. The minimum Gasteiger partial charge on any atom is -0.497 e. The van der Waals surface area contributed by atoms with Crippen LogP contribution in [0.25, 0.3) is 22.1 Å². The van der Waals surface area contributed by atoms with Gasteiger partial charge in [-0.25, -0.2) is 8.78 Å². The van der Waals surface area contributed by atoms with Gasteiger partial charge in [-0.2, -0.15) is 0 Å². The van der Waals surface area contributed by atoms with Crippen molar-refractivity contribution in [1.29, 1.82) is 0 Å². The van der Waals surface area contributed by atoms with Crippen molar-refractivity contribution >= 4 is 16.7 Å². The SMILES string of the molecule is COc1ccc(-c2coc3cc(OCCCn4cc(CN5CCN(c6ccc(F)cc6F)CC5)nn4)ccc3c2=O)cc1. The fourth-order valence-electron chi connectivity index (χ4n) is 5.22. The van der Waals surface area contributed by atoms with Gasteiger partial charge in [-0.3, -0.25) is 14.4 Å². The van der Waals surface area contributed by atoms with E-state index >= 15 is 0 Å². The molecule has 0 atom stereocenters. The molecule has 0 amide bonds. The number of nitrogens with zero attached hydrogens (tertiary/aromatic N) is 5. The highest BCUT2D eigenvalue weighted by Crippen LogP contribution is 2.25. The van der Waals surface area contributed by atoms with Crippen LogP contribution in [0.5, 0.6) is 11.5 Å². The molecule has 0 saturated carbocycles. The summed E-state index contributed by atoms with van der Waals surface area (Å²) in [5, 5.41) is 9.02. The molecule has 0 bridgehead atoms. The van der Waals surface area contributed by atoms with E-state index in [2.05, 4.69) is 15.2 Å².